The minimum atomic E-state index is 0.317. The van der Waals surface area contributed by atoms with E-state index in [0.29, 0.717) is 11.2 Å². The third-order valence-electron chi connectivity index (χ3n) is 1.76. The Balaban J connectivity index is 0.000000261. The molecule has 1 heteroatoms. The number of carbonyl (C=O) groups is 1. The third kappa shape index (κ3) is 6.38. The van der Waals surface area contributed by atoms with Crippen molar-refractivity contribution in [1.29, 1.82) is 0 Å². The molecule has 0 aromatic carbocycles. The molecule has 1 nitrogen and oxygen atoms in total. The van der Waals surface area contributed by atoms with Crippen LogP contribution in [0.3, 0.4) is 0 Å². The van der Waals surface area contributed by atoms with E-state index in [4.69, 9.17) is 0 Å². The van der Waals surface area contributed by atoms with Crippen molar-refractivity contribution in [1.82, 2.24) is 0 Å². The molecule has 1 fully saturated rings. The maximum Gasteiger partial charge on any atom is 0.133 e. The fraction of sp³-hybridized carbons (Fsp3) is 0.909. The quantitative estimate of drug-likeness (QED) is 0.544. The fourth-order valence-electron chi connectivity index (χ4n) is 1.19. The highest BCUT2D eigenvalue weighted by atomic mass is 16.1. The summed E-state index contributed by atoms with van der Waals surface area (Å²) in [7, 11) is 0. The molecule has 1 saturated carbocycles. The zero-order valence-electron chi connectivity index (χ0n) is 9.11. The van der Waals surface area contributed by atoms with E-state index in [1.165, 1.54) is 0 Å². The van der Waals surface area contributed by atoms with Gasteiger partial charge in [-0.1, -0.05) is 34.6 Å². The molecular weight excluding hydrogens is 148 g/mol. The largest absolute Gasteiger partial charge is 0.300 e. The Kier molecular flexibility index (Phi) is 4.51. The Bertz CT molecular complexity index is 142. The van der Waals surface area contributed by atoms with Crippen molar-refractivity contribution in [3.05, 3.63) is 0 Å². The highest BCUT2D eigenvalue weighted by molar-refractivity contribution is 5.81. The SMILES string of the molecule is CC(C)C.CC1(C)CCC(=O)C1. The lowest BCUT2D eigenvalue weighted by atomic mass is 9.92. The molecule has 0 spiro atoms. The molecule has 1 rings (SSSR count). The summed E-state index contributed by atoms with van der Waals surface area (Å²) in [5.74, 6) is 1.27. The van der Waals surface area contributed by atoms with Gasteiger partial charge in [0.25, 0.3) is 0 Å². The highest BCUT2D eigenvalue weighted by Crippen LogP contribution is 2.33. The van der Waals surface area contributed by atoms with Crippen molar-refractivity contribution in [2.45, 2.75) is 53.9 Å². The number of hydrogen-bond donors (Lipinski definition) is 0. The predicted molar refractivity (Wildman–Crippen MR) is 53.2 cm³/mol. The smallest absolute Gasteiger partial charge is 0.133 e. The average Bonchev–Trinajstić information content (AvgIpc) is 2.07. The number of rotatable bonds is 0. The van der Waals surface area contributed by atoms with Gasteiger partial charge in [0.05, 0.1) is 0 Å². The maximum absolute atomic E-state index is 10.7. The van der Waals surface area contributed by atoms with E-state index in [1.807, 2.05) is 0 Å². The summed E-state index contributed by atoms with van der Waals surface area (Å²) in [6.07, 6.45) is 2.70. The van der Waals surface area contributed by atoms with Crippen molar-refractivity contribution in [2.75, 3.05) is 0 Å². The van der Waals surface area contributed by atoms with Gasteiger partial charge in [0, 0.05) is 12.8 Å². The molecule has 0 atom stereocenters. The molecular formula is C11H22O. The van der Waals surface area contributed by atoms with Crippen LogP contribution in [0.15, 0.2) is 0 Å². The van der Waals surface area contributed by atoms with Crippen LogP contribution in [0.4, 0.5) is 0 Å². The molecule has 72 valence electrons. The normalized spacial score (nSPS) is 20.7. The van der Waals surface area contributed by atoms with Crippen LogP contribution in [0.1, 0.15) is 53.9 Å². The van der Waals surface area contributed by atoms with Gasteiger partial charge in [-0.25, -0.2) is 0 Å². The number of ketones is 1. The lowest BCUT2D eigenvalue weighted by molar-refractivity contribution is -0.117. The summed E-state index contributed by atoms with van der Waals surface area (Å²) in [6.45, 7) is 10.8. The first-order valence-corrected chi connectivity index (χ1v) is 4.85. The zero-order valence-corrected chi connectivity index (χ0v) is 9.11. The molecule has 1 aliphatic rings. The van der Waals surface area contributed by atoms with Crippen molar-refractivity contribution in [2.24, 2.45) is 11.3 Å². The summed E-state index contributed by atoms with van der Waals surface area (Å²) < 4.78 is 0. The maximum atomic E-state index is 10.7. The van der Waals surface area contributed by atoms with Crippen LogP contribution in [0.5, 0.6) is 0 Å². The van der Waals surface area contributed by atoms with Crippen LogP contribution in [0.2, 0.25) is 0 Å². The number of Topliss-reactive ketones (excluding diaryl/α,β-unsaturated/α-hetero) is 1. The van der Waals surface area contributed by atoms with E-state index in [0.717, 1.165) is 25.2 Å². The standard InChI is InChI=1S/C7H12O.C4H10/c1-7(2)4-3-6(8)5-7;1-4(2)3/h3-5H2,1-2H3;4H,1-3H3. The Morgan fingerprint density at radius 1 is 1.25 bits per heavy atom. The molecule has 0 aromatic heterocycles. The minimum absolute atomic E-state index is 0.317. The second kappa shape index (κ2) is 4.64. The van der Waals surface area contributed by atoms with Gasteiger partial charge >= 0.3 is 0 Å². The number of carbonyl (C=O) groups excluding carboxylic acids is 1. The molecule has 0 saturated heterocycles. The first-order chi connectivity index (χ1) is 5.33. The van der Waals surface area contributed by atoms with Crippen molar-refractivity contribution >= 4 is 5.78 Å². The first-order valence-electron chi connectivity index (χ1n) is 4.85. The van der Waals surface area contributed by atoms with E-state index in [1.54, 1.807) is 0 Å². The van der Waals surface area contributed by atoms with Crippen LogP contribution < -0.4 is 0 Å². The molecule has 0 heterocycles. The predicted octanol–water partition coefficient (Wildman–Crippen LogP) is 3.43. The second-order valence-electron chi connectivity index (χ2n) is 5.11. The average molecular weight is 170 g/mol. The van der Waals surface area contributed by atoms with Crippen LogP contribution in [-0.4, -0.2) is 5.78 Å². The van der Waals surface area contributed by atoms with Gasteiger partial charge in [-0.05, 0) is 17.8 Å². The van der Waals surface area contributed by atoms with Gasteiger partial charge in [0.15, 0.2) is 0 Å². The molecule has 0 radical (unpaired) electrons. The Morgan fingerprint density at radius 2 is 1.67 bits per heavy atom. The van der Waals surface area contributed by atoms with Gasteiger partial charge in [0.2, 0.25) is 0 Å². The molecule has 0 bridgehead atoms. The van der Waals surface area contributed by atoms with Crippen LogP contribution in [-0.2, 0) is 4.79 Å². The highest BCUT2D eigenvalue weighted by Gasteiger charge is 2.28. The zero-order chi connectivity index (χ0) is 9.78. The number of hydrogen-bond acceptors (Lipinski definition) is 1. The van der Waals surface area contributed by atoms with Gasteiger partial charge in [-0.2, -0.15) is 0 Å². The molecule has 0 amide bonds. The van der Waals surface area contributed by atoms with Crippen molar-refractivity contribution in [3.63, 3.8) is 0 Å². The molecule has 0 N–H and O–H groups in total. The van der Waals surface area contributed by atoms with Crippen LogP contribution in [0, 0.1) is 11.3 Å². The van der Waals surface area contributed by atoms with Gasteiger partial charge in [-0.15, -0.1) is 0 Å². The first kappa shape index (κ1) is 11.7. The second-order valence-corrected chi connectivity index (χ2v) is 5.11. The van der Waals surface area contributed by atoms with Gasteiger partial charge in [0.1, 0.15) is 5.78 Å². The molecule has 0 aliphatic heterocycles. The van der Waals surface area contributed by atoms with Gasteiger partial charge < -0.3 is 0 Å². The lowest BCUT2D eigenvalue weighted by Crippen LogP contribution is -2.04. The monoisotopic (exact) mass is 170 g/mol. The molecule has 1 aliphatic carbocycles. The summed E-state index contributed by atoms with van der Waals surface area (Å²) in [5, 5.41) is 0. The Hall–Kier alpha value is -0.330. The summed E-state index contributed by atoms with van der Waals surface area (Å²) >= 11 is 0. The molecule has 0 aromatic rings. The molecule has 12 heavy (non-hydrogen) atoms. The van der Waals surface area contributed by atoms with Crippen LogP contribution in [0.25, 0.3) is 0 Å². The summed E-state index contributed by atoms with van der Waals surface area (Å²) in [5.41, 5.74) is 0.317. The van der Waals surface area contributed by atoms with E-state index < -0.39 is 0 Å². The Labute approximate surface area is 76.6 Å². The molecule has 0 unspecified atom stereocenters. The van der Waals surface area contributed by atoms with Gasteiger partial charge in [-0.3, -0.25) is 4.79 Å². The van der Waals surface area contributed by atoms with E-state index >= 15 is 0 Å². The van der Waals surface area contributed by atoms with E-state index in [9.17, 15) is 4.79 Å². The topological polar surface area (TPSA) is 17.1 Å². The van der Waals surface area contributed by atoms with E-state index in [2.05, 4.69) is 34.6 Å². The summed E-state index contributed by atoms with van der Waals surface area (Å²) in [4.78, 5) is 10.7. The van der Waals surface area contributed by atoms with Crippen molar-refractivity contribution in [3.8, 4) is 0 Å². The Morgan fingerprint density at radius 3 is 1.75 bits per heavy atom. The summed E-state index contributed by atoms with van der Waals surface area (Å²) in [6, 6.07) is 0. The minimum Gasteiger partial charge on any atom is -0.300 e. The van der Waals surface area contributed by atoms with Crippen LogP contribution >= 0.6 is 0 Å². The van der Waals surface area contributed by atoms with Crippen molar-refractivity contribution < 1.29 is 4.79 Å². The van der Waals surface area contributed by atoms with E-state index in [-0.39, 0.29) is 0 Å². The fourth-order valence-corrected chi connectivity index (χ4v) is 1.19. The lowest BCUT2D eigenvalue weighted by Gasteiger charge is -2.12. The third-order valence-corrected chi connectivity index (χ3v) is 1.76.